The van der Waals surface area contributed by atoms with Crippen molar-refractivity contribution in [1.29, 1.82) is 0 Å². The van der Waals surface area contributed by atoms with E-state index in [1.807, 2.05) is 35.2 Å². The van der Waals surface area contributed by atoms with Gasteiger partial charge in [0.05, 0.1) is 17.6 Å². The summed E-state index contributed by atoms with van der Waals surface area (Å²) in [6.45, 7) is 4.08. The number of rotatable bonds is 4. The van der Waals surface area contributed by atoms with Gasteiger partial charge in [0.2, 0.25) is 5.91 Å². The third-order valence-corrected chi connectivity index (χ3v) is 6.33. The number of benzene rings is 2. The molecular formula is C23H28N6O. The molecule has 30 heavy (non-hydrogen) atoms. The van der Waals surface area contributed by atoms with Crippen LogP contribution < -0.4 is 10.9 Å². The predicted octanol–water partition coefficient (Wildman–Crippen LogP) is 1.83. The molecule has 3 aromatic rings. The second kappa shape index (κ2) is 8.18. The molecule has 0 aliphatic carbocycles. The van der Waals surface area contributed by atoms with Crippen molar-refractivity contribution in [2.75, 3.05) is 26.2 Å². The lowest BCUT2D eigenvalue weighted by molar-refractivity contribution is -0.135. The fraction of sp³-hybridized carbons (Fsp3) is 0.391. The minimum atomic E-state index is -0.165. The van der Waals surface area contributed by atoms with E-state index in [4.69, 9.17) is 4.98 Å². The lowest BCUT2D eigenvalue weighted by Gasteiger charge is -2.35. The standard InChI is InChI=1S/C23H28N6O/c1-27-21-10-6-5-9-18(21)24-22(27)16-28-11-13-29(14-12-28)23(30)20-15-19(25-26-20)17-7-3-2-4-8-17/h2-10,19-20,25-26H,11-16H2,1H3. The number of nitrogens with zero attached hydrogens (tertiary/aromatic N) is 4. The van der Waals surface area contributed by atoms with Crippen LogP contribution in [-0.2, 0) is 18.4 Å². The highest BCUT2D eigenvalue weighted by atomic mass is 16.2. The Kier molecular flexibility index (Phi) is 5.25. The van der Waals surface area contributed by atoms with Gasteiger partial charge in [-0.25, -0.2) is 15.8 Å². The highest BCUT2D eigenvalue weighted by molar-refractivity contribution is 5.82. The van der Waals surface area contributed by atoms with Gasteiger partial charge >= 0.3 is 0 Å². The first-order valence-electron chi connectivity index (χ1n) is 10.7. The number of imidazole rings is 1. The third kappa shape index (κ3) is 3.71. The van der Waals surface area contributed by atoms with Crippen LogP contribution in [0.2, 0.25) is 0 Å². The Morgan fingerprint density at radius 3 is 2.50 bits per heavy atom. The van der Waals surface area contributed by atoms with E-state index in [0.717, 1.165) is 56.0 Å². The van der Waals surface area contributed by atoms with E-state index in [0.29, 0.717) is 0 Å². The van der Waals surface area contributed by atoms with E-state index < -0.39 is 0 Å². The highest BCUT2D eigenvalue weighted by Crippen LogP contribution is 2.23. The predicted molar refractivity (Wildman–Crippen MR) is 116 cm³/mol. The maximum Gasteiger partial charge on any atom is 0.241 e. The van der Waals surface area contributed by atoms with E-state index in [2.05, 4.69) is 51.6 Å². The average Bonchev–Trinajstić information content (AvgIpc) is 3.40. The van der Waals surface area contributed by atoms with Gasteiger partial charge in [-0.2, -0.15) is 0 Å². The zero-order valence-corrected chi connectivity index (χ0v) is 17.3. The van der Waals surface area contributed by atoms with Crippen molar-refractivity contribution in [2.24, 2.45) is 7.05 Å². The van der Waals surface area contributed by atoms with Crippen LogP contribution in [0, 0.1) is 0 Å². The molecule has 0 bridgehead atoms. The smallest absolute Gasteiger partial charge is 0.241 e. The number of fused-ring (bicyclic) bond motifs is 1. The summed E-state index contributed by atoms with van der Waals surface area (Å²) in [7, 11) is 2.08. The van der Waals surface area contributed by atoms with Crippen LogP contribution in [0.1, 0.15) is 23.9 Å². The van der Waals surface area contributed by atoms with Crippen molar-refractivity contribution in [2.45, 2.75) is 25.0 Å². The van der Waals surface area contributed by atoms with Gasteiger partial charge in [-0.1, -0.05) is 42.5 Å². The summed E-state index contributed by atoms with van der Waals surface area (Å²) in [6, 6.07) is 18.5. The Bertz CT molecular complexity index is 1020. The summed E-state index contributed by atoms with van der Waals surface area (Å²) in [4.78, 5) is 22.2. The van der Waals surface area contributed by atoms with Crippen molar-refractivity contribution >= 4 is 16.9 Å². The molecule has 156 valence electrons. The average molecular weight is 405 g/mol. The Labute approximate surface area is 176 Å². The van der Waals surface area contributed by atoms with Crippen LogP contribution >= 0.6 is 0 Å². The van der Waals surface area contributed by atoms with E-state index >= 15 is 0 Å². The Morgan fingerprint density at radius 1 is 1.00 bits per heavy atom. The summed E-state index contributed by atoms with van der Waals surface area (Å²) < 4.78 is 2.17. The van der Waals surface area contributed by atoms with Crippen LogP contribution in [0.15, 0.2) is 54.6 Å². The molecule has 2 atom stereocenters. The summed E-state index contributed by atoms with van der Waals surface area (Å²) >= 11 is 0. The van der Waals surface area contributed by atoms with Crippen LogP contribution in [0.3, 0.4) is 0 Å². The number of hydrogen-bond donors (Lipinski definition) is 2. The SMILES string of the molecule is Cn1c(CN2CCN(C(=O)C3CC(c4ccccc4)NN3)CC2)nc2ccccc21. The molecule has 0 saturated carbocycles. The lowest BCUT2D eigenvalue weighted by atomic mass is 10.0. The molecule has 5 rings (SSSR count). The molecule has 1 amide bonds. The van der Waals surface area contributed by atoms with Crippen molar-refractivity contribution in [1.82, 2.24) is 30.2 Å². The number of amides is 1. The van der Waals surface area contributed by atoms with Gasteiger partial charge in [0.15, 0.2) is 0 Å². The van der Waals surface area contributed by atoms with Crippen LogP contribution in [0.25, 0.3) is 11.0 Å². The number of hydrogen-bond acceptors (Lipinski definition) is 5. The summed E-state index contributed by atoms with van der Waals surface area (Å²) in [6.07, 6.45) is 0.781. The van der Waals surface area contributed by atoms with Gasteiger partial charge in [0.25, 0.3) is 0 Å². The molecule has 7 nitrogen and oxygen atoms in total. The molecule has 2 aromatic carbocycles. The van der Waals surface area contributed by atoms with Gasteiger partial charge in [-0.15, -0.1) is 0 Å². The molecular weight excluding hydrogens is 376 g/mol. The summed E-state index contributed by atoms with van der Waals surface area (Å²) in [5.74, 6) is 1.27. The Balaban J connectivity index is 1.16. The van der Waals surface area contributed by atoms with Crippen molar-refractivity contribution in [3.05, 3.63) is 66.0 Å². The second-order valence-electron chi connectivity index (χ2n) is 8.22. The minimum absolute atomic E-state index is 0.165. The van der Waals surface area contributed by atoms with E-state index in [-0.39, 0.29) is 18.0 Å². The summed E-state index contributed by atoms with van der Waals surface area (Å²) in [5, 5.41) is 0. The maximum absolute atomic E-state index is 13.0. The van der Waals surface area contributed by atoms with Crippen molar-refractivity contribution in [3.63, 3.8) is 0 Å². The topological polar surface area (TPSA) is 65.4 Å². The number of carbonyl (C=O) groups excluding carboxylic acids is 1. The Morgan fingerprint density at radius 2 is 1.73 bits per heavy atom. The first-order chi connectivity index (χ1) is 14.7. The minimum Gasteiger partial charge on any atom is -0.339 e. The van der Waals surface area contributed by atoms with E-state index in [9.17, 15) is 4.79 Å². The molecule has 2 saturated heterocycles. The Hall–Kier alpha value is -2.74. The van der Waals surface area contributed by atoms with Crippen molar-refractivity contribution in [3.8, 4) is 0 Å². The first-order valence-corrected chi connectivity index (χ1v) is 10.7. The lowest BCUT2D eigenvalue weighted by Crippen LogP contribution is -2.53. The largest absolute Gasteiger partial charge is 0.339 e. The first kappa shape index (κ1) is 19.2. The molecule has 7 heteroatoms. The monoisotopic (exact) mass is 404 g/mol. The molecule has 1 aromatic heterocycles. The molecule has 0 radical (unpaired) electrons. The van der Waals surface area contributed by atoms with Gasteiger partial charge < -0.3 is 9.47 Å². The molecule has 2 aliphatic heterocycles. The van der Waals surface area contributed by atoms with Crippen molar-refractivity contribution < 1.29 is 4.79 Å². The molecule has 2 unspecified atom stereocenters. The number of para-hydroxylation sites is 2. The molecule has 2 N–H and O–H groups in total. The zero-order valence-electron chi connectivity index (χ0n) is 17.3. The molecule has 0 spiro atoms. The zero-order chi connectivity index (χ0) is 20.5. The van der Waals surface area contributed by atoms with Gasteiger partial charge in [0, 0.05) is 39.3 Å². The van der Waals surface area contributed by atoms with Crippen LogP contribution in [0.5, 0.6) is 0 Å². The van der Waals surface area contributed by atoms with E-state index in [1.54, 1.807) is 0 Å². The molecule has 3 heterocycles. The number of nitrogens with one attached hydrogen (secondary N) is 2. The number of hydrazine groups is 1. The van der Waals surface area contributed by atoms with Gasteiger partial charge in [0.1, 0.15) is 11.9 Å². The normalized spacial score (nSPS) is 22.6. The number of carbonyl (C=O) groups is 1. The van der Waals surface area contributed by atoms with Crippen LogP contribution in [0.4, 0.5) is 0 Å². The quantitative estimate of drug-likeness (QED) is 0.695. The highest BCUT2D eigenvalue weighted by Gasteiger charge is 2.34. The number of aryl methyl sites for hydroxylation is 1. The fourth-order valence-corrected chi connectivity index (χ4v) is 4.51. The van der Waals surface area contributed by atoms with Crippen LogP contribution in [-0.4, -0.2) is 57.5 Å². The fourth-order valence-electron chi connectivity index (χ4n) is 4.51. The number of piperazine rings is 1. The molecule has 2 fully saturated rings. The second-order valence-corrected chi connectivity index (χ2v) is 8.22. The maximum atomic E-state index is 13.0. The van der Waals surface area contributed by atoms with Gasteiger partial charge in [-0.05, 0) is 24.1 Å². The third-order valence-electron chi connectivity index (χ3n) is 6.33. The molecule has 2 aliphatic rings. The van der Waals surface area contributed by atoms with Gasteiger partial charge in [-0.3, -0.25) is 9.69 Å². The summed E-state index contributed by atoms with van der Waals surface area (Å²) in [5.41, 5.74) is 9.91. The van der Waals surface area contributed by atoms with E-state index in [1.165, 1.54) is 5.56 Å². The number of aromatic nitrogens is 2.